The third-order valence-corrected chi connectivity index (χ3v) is 5.77. The highest BCUT2D eigenvalue weighted by atomic mass is 19.2. The summed E-state index contributed by atoms with van der Waals surface area (Å²) in [6.07, 6.45) is 11.5. The number of carboxylic acid groups (broad SMARTS) is 4. The summed E-state index contributed by atoms with van der Waals surface area (Å²) in [5.41, 5.74) is 4.38. The van der Waals surface area contributed by atoms with Gasteiger partial charge in [-0.2, -0.15) is 17.6 Å². The largest absolute Gasteiger partial charge is 0.520 e. The first kappa shape index (κ1) is 58.1. The minimum absolute atomic E-state index is 1.09. The van der Waals surface area contributed by atoms with Gasteiger partial charge in [-0.15, -0.1) is 18.3 Å². The van der Waals surface area contributed by atoms with E-state index in [-0.39, 0.29) is 0 Å². The number of carbonyl (C=O) groups is 4. The van der Waals surface area contributed by atoms with Crippen LogP contribution in [0.3, 0.4) is 0 Å². The van der Waals surface area contributed by atoms with Gasteiger partial charge < -0.3 is 59.2 Å². The van der Waals surface area contributed by atoms with Gasteiger partial charge in [-0.3, -0.25) is 0 Å². The van der Waals surface area contributed by atoms with E-state index in [0.29, 0.717) is 0 Å². The van der Waals surface area contributed by atoms with Crippen LogP contribution < -0.4 is 58.3 Å². The molecule has 0 aromatic carbocycles. The van der Waals surface area contributed by atoms with Crippen molar-refractivity contribution in [2.24, 2.45) is 0 Å². The summed E-state index contributed by atoms with van der Waals surface area (Å²) in [7, 11) is 15.7. The van der Waals surface area contributed by atoms with Crippen LogP contribution in [0, 0.1) is 45.8 Å². The Balaban J connectivity index is -0.000000311. The summed E-state index contributed by atoms with van der Waals surface area (Å²) in [6, 6.07) is 15.1. The topological polar surface area (TPSA) is 284 Å². The van der Waals surface area contributed by atoms with E-state index in [1.54, 1.807) is 49.6 Å². The Kier molecular flexibility index (Phi) is 33.7. The molecule has 4 aromatic heterocycles. The average Bonchev–Trinajstić information content (AvgIpc) is 3.18. The Morgan fingerprint density at radius 3 is 0.550 bits per heavy atom. The number of hydrogen-bond donors (Lipinski definition) is 0. The maximum absolute atomic E-state index is 9.81. The van der Waals surface area contributed by atoms with Gasteiger partial charge in [0.25, 0.3) is 0 Å². The van der Waals surface area contributed by atoms with Crippen LogP contribution in [-0.2, 0) is 0 Å². The molecular formula is C36H40F4N12O8. The number of hydrogen-bond acceptors (Lipinski definition) is 16. The Morgan fingerprint density at radius 2 is 0.483 bits per heavy atom. The molecule has 0 unspecified atom stereocenters. The van der Waals surface area contributed by atoms with Crippen molar-refractivity contribution in [2.45, 2.75) is 0 Å². The third-order valence-electron chi connectivity index (χ3n) is 5.77. The number of aromatic nitrogens is 4. The molecule has 0 radical (unpaired) electrons. The maximum Gasteiger partial charge on any atom is 0.463 e. The Hall–Kier alpha value is -8.64. The van der Waals surface area contributed by atoms with Gasteiger partial charge in [-0.25, -0.2) is 0 Å². The van der Waals surface area contributed by atoms with Gasteiger partial charge in [-0.1, -0.05) is 0 Å². The molecule has 60 heavy (non-hydrogen) atoms. The smallest absolute Gasteiger partial charge is 0.463 e. The lowest BCUT2D eigenvalue weighted by atomic mass is 10.4. The Labute approximate surface area is 342 Å². The van der Waals surface area contributed by atoms with E-state index < -0.39 is 24.9 Å². The van der Waals surface area contributed by atoms with E-state index in [1.807, 2.05) is 149 Å². The molecule has 0 N–H and O–H groups in total. The molecule has 0 bridgehead atoms. The monoisotopic (exact) mass is 844 g/mol. The van der Waals surface area contributed by atoms with Gasteiger partial charge in [0.2, 0.25) is 24.9 Å². The van der Waals surface area contributed by atoms with Gasteiger partial charge >= 0.3 is 24.8 Å². The molecule has 4 aromatic rings. The fraction of sp³-hybridized carbons (Fsp3) is 0.222. The van der Waals surface area contributed by atoms with Crippen molar-refractivity contribution in [3.63, 3.8) is 0 Å². The molecule has 0 saturated heterocycles. The van der Waals surface area contributed by atoms with Crippen molar-refractivity contribution in [3.05, 3.63) is 98.1 Å². The number of halogens is 4. The first-order valence-electron chi connectivity index (χ1n) is 15.7. The zero-order valence-corrected chi connectivity index (χ0v) is 33.4. The maximum atomic E-state index is 9.81. The first-order valence-corrected chi connectivity index (χ1v) is 15.7. The molecule has 0 aliphatic heterocycles. The number of pyridine rings is 4. The van der Waals surface area contributed by atoms with Crippen molar-refractivity contribution in [3.8, 4) is 24.8 Å². The molecule has 20 nitrogen and oxygen atoms in total. The molecule has 4 rings (SSSR count). The first-order chi connectivity index (χ1) is 27.9. The fourth-order valence-corrected chi connectivity index (χ4v) is 3.13. The fourth-order valence-electron chi connectivity index (χ4n) is 3.13. The van der Waals surface area contributed by atoms with Crippen LogP contribution in [0.25, 0.3) is 0 Å². The number of carbonyl (C=O) groups excluding carboxylic acids is 4. The number of rotatable bonds is 4. The Bertz CT molecular complexity index is 1700. The summed E-state index contributed by atoms with van der Waals surface area (Å²) >= 11 is 0. The lowest BCUT2D eigenvalue weighted by molar-refractivity contribution is -0.586. The van der Waals surface area contributed by atoms with Crippen LogP contribution in [0.4, 0.5) is 59.5 Å². The van der Waals surface area contributed by atoms with Gasteiger partial charge in [0, 0.05) is 128 Å². The molecule has 4 heterocycles. The molecule has 0 aliphatic carbocycles. The van der Waals surface area contributed by atoms with Crippen LogP contribution in [0.2, 0.25) is 0 Å². The van der Waals surface area contributed by atoms with Gasteiger partial charge in [0.1, 0.15) is 49.6 Å². The lowest BCUT2D eigenvalue weighted by Gasteiger charge is -2.09. The Morgan fingerprint density at radius 1 is 0.383 bits per heavy atom. The van der Waals surface area contributed by atoms with Crippen molar-refractivity contribution >= 4 is 47.6 Å². The second kappa shape index (κ2) is 34.8. The van der Waals surface area contributed by atoms with Crippen molar-refractivity contribution in [1.82, 2.24) is 0 Å². The quantitative estimate of drug-likeness (QED) is 0.131. The van der Waals surface area contributed by atoms with Crippen molar-refractivity contribution in [2.75, 3.05) is 76.0 Å². The molecule has 0 atom stereocenters. The van der Waals surface area contributed by atoms with Crippen LogP contribution in [0.15, 0.2) is 98.1 Å². The minimum Gasteiger partial charge on any atom is -0.520 e. The predicted octanol–water partition coefficient (Wildman–Crippen LogP) is -1.33. The molecule has 0 aliphatic rings. The van der Waals surface area contributed by atoms with Gasteiger partial charge in [0.05, 0.1) is 0 Å². The lowest BCUT2D eigenvalue weighted by Crippen LogP contribution is -2.26. The number of nitrogens with zero attached hydrogens (tertiary/aromatic N) is 12. The molecule has 0 saturated carbocycles. The molecule has 0 spiro atoms. The minimum atomic E-state index is -2.58. The highest BCUT2D eigenvalue weighted by Gasteiger charge is 1.99. The van der Waals surface area contributed by atoms with E-state index in [9.17, 15) is 17.6 Å². The molecular weight excluding hydrogens is 804 g/mol. The normalized spacial score (nSPS) is 8.13. The highest BCUT2D eigenvalue weighted by Crippen LogP contribution is 2.07. The number of nitriles is 4. The van der Waals surface area contributed by atoms with E-state index >= 15 is 0 Å². The van der Waals surface area contributed by atoms with Crippen LogP contribution >= 0.6 is 0 Å². The summed E-state index contributed by atoms with van der Waals surface area (Å²) in [5, 5.41) is 66.8. The second-order valence-corrected chi connectivity index (χ2v) is 10.8. The summed E-state index contributed by atoms with van der Waals surface area (Å²) in [6.45, 7) is 0. The van der Waals surface area contributed by atoms with E-state index in [0.717, 1.165) is 22.7 Å². The van der Waals surface area contributed by atoms with E-state index in [2.05, 4.69) is 0 Å². The highest BCUT2D eigenvalue weighted by molar-refractivity contribution is 5.52. The molecule has 0 fully saturated rings. The molecule has 320 valence electrons. The van der Waals surface area contributed by atoms with Crippen LogP contribution in [-0.4, -0.2) is 81.3 Å². The van der Waals surface area contributed by atoms with Crippen LogP contribution in [0.1, 0.15) is 0 Å². The molecule has 24 heteroatoms. The van der Waals surface area contributed by atoms with Crippen molar-refractivity contribution in [1.29, 1.82) is 21.0 Å². The van der Waals surface area contributed by atoms with Gasteiger partial charge in [-0.05, 0) is 0 Å². The SMILES string of the molecule is CN(C)c1cc[n+](C#N)cc1.CN(C)c1cc[n+](C#N)cc1.CN(C)c1cc[n+](C#N)cc1.CN(C)c1cc[n+](C#N)cc1.O=C([O-])F.O=C([O-])F.O=C([O-])F.O=C([O-])F. The van der Waals surface area contributed by atoms with Crippen LogP contribution in [0.5, 0.6) is 0 Å². The average molecular weight is 845 g/mol. The standard InChI is InChI=1S/4C8H10N3.4CHFO2/c4*1-10(2)8-3-5-11(7-9)6-4-8;4*2-1(3)4/h4*3-6H,1-2H3;4*(H,3,4)/q4*+1;;;;/p-4. The molecule has 0 amide bonds. The van der Waals surface area contributed by atoms with E-state index in [1.165, 1.54) is 18.3 Å². The number of anilines is 4. The zero-order valence-electron chi connectivity index (χ0n) is 33.4. The van der Waals surface area contributed by atoms with Crippen molar-refractivity contribution < 1.29 is 75.4 Å². The zero-order chi connectivity index (χ0) is 47.4. The predicted molar refractivity (Wildman–Crippen MR) is 194 cm³/mol. The summed E-state index contributed by atoms with van der Waals surface area (Å²) < 4.78 is 45.0. The second-order valence-electron chi connectivity index (χ2n) is 10.8. The summed E-state index contributed by atoms with van der Waals surface area (Å²) in [4.78, 5) is 40.8. The van der Waals surface area contributed by atoms with Gasteiger partial charge in [0.15, 0.2) is 21.0 Å². The van der Waals surface area contributed by atoms with E-state index in [4.69, 9.17) is 60.7 Å². The summed E-state index contributed by atoms with van der Waals surface area (Å²) in [5.74, 6) is 0. The third kappa shape index (κ3) is 37.7.